The number of aromatic amines is 1. The molecule has 2 rings (SSSR count). The fourth-order valence-corrected chi connectivity index (χ4v) is 1.90. The van der Waals surface area contributed by atoms with Gasteiger partial charge in [0.15, 0.2) is 12.4 Å². The molecule has 2 heterocycles. The molecular formula is C10H12FN3O5. The van der Waals surface area contributed by atoms with Crippen LogP contribution in [0.1, 0.15) is 6.23 Å². The van der Waals surface area contributed by atoms with Crippen LogP contribution in [0, 0.1) is 0 Å². The van der Waals surface area contributed by atoms with Crippen molar-refractivity contribution in [3.8, 4) is 0 Å². The lowest BCUT2D eigenvalue weighted by molar-refractivity contribution is -0.122. The van der Waals surface area contributed by atoms with Gasteiger partial charge in [-0.1, -0.05) is 0 Å². The van der Waals surface area contributed by atoms with E-state index in [9.17, 15) is 19.1 Å². The summed E-state index contributed by atoms with van der Waals surface area (Å²) in [4.78, 5) is 27.8. The Morgan fingerprint density at radius 2 is 2.32 bits per heavy atom. The Bertz CT molecular complexity index is 599. The standard InChI is InChI=1S/C10H12FN3O5/c1-12-10(4-15)7(17)6(11)8(19-10)14-3-2-5(16)13-9(14)18/h2-3,6-8,15,17H,1,4H2,(H,13,16,18). The van der Waals surface area contributed by atoms with E-state index < -0.39 is 42.1 Å². The van der Waals surface area contributed by atoms with E-state index in [-0.39, 0.29) is 0 Å². The van der Waals surface area contributed by atoms with Gasteiger partial charge in [0, 0.05) is 12.3 Å². The minimum Gasteiger partial charge on any atom is -0.391 e. The number of H-pyrrole nitrogens is 1. The molecule has 19 heavy (non-hydrogen) atoms. The summed E-state index contributed by atoms with van der Waals surface area (Å²) in [5.41, 5.74) is -3.48. The number of aromatic nitrogens is 2. The third-order valence-electron chi connectivity index (χ3n) is 2.98. The lowest BCUT2D eigenvalue weighted by atomic mass is 10.1. The summed E-state index contributed by atoms with van der Waals surface area (Å²) in [6, 6.07) is 1.00. The van der Waals surface area contributed by atoms with Crippen LogP contribution >= 0.6 is 0 Å². The van der Waals surface area contributed by atoms with Gasteiger partial charge in [-0.25, -0.2) is 9.18 Å². The van der Waals surface area contributed by atoms with Gasteiger partial charge < -0.3 is 14.9 Å². The average Bonchev–Trinajstić information content (AvgIpc) is 2.64. The van der Waals surface area contributed by atoms with Gasteiger partial charge in [-0.15, -0.1) is 0 Å². The number of hydrogen-bond donors (Lipinski definition) is 3. The smallest absolute Gasteiger partial charge is 0.330 e. The van der Waals surface area contributed by atoms with E-state index in [2.05, 4.69) is 11.7 Å². The maximum Gasteiger partial charge on any atom is 0.330 e. The fraction of sp³-hybridized carbons (Fsp3) is 0.500. The van der Waals surface area contributed by atoms with Gasteiger partial charge in [0.25, 0.3) is 5.56 Å². The molecule has 1 aliphatic heterocycles. The topological polar surface area (TPSA) is 117 Å². The van der Waals surface area contributed by atoms with Crippen LogP contribution in [-0.2, 0) is 4.74 Å². The van der Waals surface area contributed by atoms with Crippen molar-refractivity contribution in [1.82, 2.24) is 9.55 Å². The normalized spacial score (nSPS) is 34.4. The molecule has 104 valence electrons. The van der Waals surface area contributed by atoms with Gasteiger partial charge in [-0.2, -0.15) is 0 Å². The molecule has 4 atom stereocenters. The first kappa shape index (κ1) is 13.6. The molecule has 3 N–H and O–H groups in total. The molecule has 0 saturated carbocycles. The average molecular weight is 273 g/mol. The summed E-state index contributed by atoms with van der Waals surface area (Å²) >= 11 is 0. The van der Waals surface area contributed by atoms with Crippen molar-refractivity contribution in [3.05, 3.63) is 33.1 Å². The third kappa shape index (κ3) is 2.01. The van der Waals surface area contributed by atoms with Crippen molar-refractivity contribution in [2.24, 2.45) is 4.99 Å². The maximum atomic E-state index is 14.0. The van der Waals surface area contributed by atoms with Crippen LogP contribution in [0.15, 0.2) is 26.8 Å². The first-order valence-electron chi connectivity index (χ1n) is 5.35. The Kier molecular flexibility index (Phi) is 3.35. The Balaban J connectivity index is 2.45. The van der Waals surface area contributed by atoms with Crippen LogP contribution in [0.5, 0.6) is 0 Å². The van der Waals surface area contributed by atoms with E-state index in [1.54, 1.807) is 0 Å². The number of rotatable bonds is 3. The summed E-state index contributed by atoms with van der Waals surface area (Å²) in [6.07, 6.45) is -4.28. The van der Waals surface area contributed by atoms with Crippen molar-refractivity contribution in [2.75, 3.05) is 6.61 Å². The summed E-state index contributed by atoms with van der Waals surface area (Å²) in [5, 5.41) is 18.9. The van der Waals surface area contributed by atoms with Gasteiger partial charge in [0.2, 0.25) is 5.72 Å². The van der Waals surface area contributed by atoms with Crippen molar-refractivity contribution < 1.29 is 19.3 Å². The first-order valence-corrected chi connectivity index (χ1v) is 5.35. The zero-order chi connectivity index (χ0) is 14.2. The van der Waals surface area contributed by atoms with E-state index in [1.807, 2.05) is 4.98 Å². The van der Waals surface area contributed by atoms with Crippen LogP contribution in [0.4, 0.5) is 4.39 Å². The summed E-state index contributed by atoms with van der Waals surface area (Å²) in [7, 11) is 0. The number of alkyl halides is 1. The minimum atomic E-state index is -2.01. The van der Waals surface area contributed by atoms with E-state index in [1.165, 1.54) is 0 Å². The number of nitrogens with zero attached hydrogens (tertiary/aromatic N) is 2. The zero-order valence-electron chi connectivity index (χ0n) is 9.69. The number of ether oxygens (including phenoxy) is 1. The van der Waals surface area contributed by atoms with Crippen LogP contribution in [0.25, 0.3) is 0 Å². The minimum absolute atomic E-state index is 0.648. The van der Waals surface area contributed by atoms with Gasteiger partial charge in [0.1, 0.15) is 6.10 Å². The molecule has 0 aliphatic carbocycles. The SMILES string of the molecule is C=NC1(CO)OC(n2ccc(=O)[nH]c2=O)C(F)C1O. The zero-order valence-corrected chi connectivity index (χ0v) is 9.69. The molecule has 1 aromatic heterocycles. The Morgan fingerprint density at radius 3 is 2.79 bits per heavy atom. The number of halogens is 1. The molecule has 1 aromatic rings. The number of aliphatic hydroxyl groups is 2. The maximum absolute atomic E-state index is 14.0. The van der Waals surface area contributed by atoms with Crippen molar-refractivity contribution in [2.45, 2.75) is 24.2 Å². The molecule has 8 nitrogen and oxygen atoms in total. The second kappa shape index (κ2) is 4.68. The van der Waals surface area contributed by atoms with E-state index in [4.69, 9.17) is 9.84 Å². The number of aliphatic hydroxyl groups excluding tert-OH is 2. The molecular weight excluding hydrogens is 261 g/mol. The quantitative estimate of drug-likeness (QED) is 0.559. The van der Waals surface area contributed by atoms with Gasteiger partial charge in [-0.05, 0) is 6.72 Å². The highest BCUT2D eigenvalue weighted by Crippen LogP contribution is 2.38. The summed E-state index contributed by atoms with van der Waals surface area (Å²) in [6.45, 7) is 2.33. The molecule has 1 aliphatic rings. The van der Waals surface area contributed by atoms with E-state index >= 15 is 0 Å². The lowest BCUT2D eigenvalue weighted by Gasteiger charge is -2.24. The Labute approximate surface area is 105 Å². The summed E-state index contributed by atoms with van der Waals surface area (Å²) < 4.78 is 19.9. The first-order chi connectivity index (χ1) is 8.95. The molecule has 0 amide bonds. The van der Waals surface area contributed by atoms with Gasteiger partial charge >= 0.3 is 5.69 Å². The van der Waals surface area contributed by atoms with Crippen molar-refractivity contribution >= 4 is 6.72 Å². The molecule has 4 unspecified atom stereocenters. The Morgan fingerprint density at radius 1 is 1.63 bits per heavy atom. The molecule has 0 aromatic carbocycles. The highest BCUT2D eigenvalue weighted by Gasteiger charge is 2.55. The highest BCUT2D eigenvalue weighted by atomic mass is 19.1. The van der Waals surface area contributed by atoms with Crippen LogP contribution in [0.2, 0.25) is 0 Å². The fourth-order valence-electron chi connectivity index (χ4n) is 1.90. The molecule has 0 bridgehead atoms. The van der Waals surface area contributed by atoms with Crippen LogP contribution < -0.4 is 11.2 Å². The predicted octanol–water partition coefficient (Wildman–Crippen LogP) is -1.85. The number of hydrogen-bond acceptors (Lipinski definition) is 6. The van der Waals surface area contributed by atoms with E-state index in [0.717, 1.165) is 16.8 Å². The Hall–Kier alpha value is -1.84. The molecule has 1 fully saturated rings. The van der Waals surface area contributed by atoms with Crippen LogP contribution in [0.3, 0.4) is 0 Å². The molecule has 9 heteroatoms. The van der Waals surface area contributed by atoms with Gasteiger partial charge in [0.05, 0.1) is 6.61 Å². The third-order valence-corrected chi connectivity index (χ3v) is 2.98. The second-order valence-corrected chi connectivity index (χ2v) is 4.08. The predicted molar refractivity (Wildman–Crippen MR) is 61.7 cm³/mol. The second-order valence-electron chi connectivity index (χ2n) is 4.08. The molecule has 0 radical (unpaired) electrons. The van der Waals surface area contributed by atoms with E-state index in [0.29, 0.717) is 0 Å². The largest absolute Gasteiger partial charge is 0.391 e. The highest BCUT2D eigenvalue weighted by molar-refractivity contribution is 5.26. The molecule has 0 spiro atoms. The van der Waals surface area contributed by atoms with Crippen LogP contribution in [-0.4, -0.2) is 51.1 Å². The van der Waals surface area contributed by atoms with Gasteiger partial charge in [-0.3, -0.25) is 19.3 Å². The van der Waals surface area contributed by atoms with Crippen molar-refractivity contribution in [3.63, 3.8) is 0 Å². The summed E-state index contributed by atoms with van der Waals surface area (Å²) in [5.74, 6) is 0. The lowest BCUT2D eigenvalue weighted by Crippen LogP contribution is -2.43. The number of nitrogens with one attached hydrogen (secondary N) is 1. The number of aliphatic imine (C=N–C) groups is 1. The monoisotopic (exact) mass is 273 g/mol. The van der Waals surface area contributed by atoms with Crippen molar-refractivity contribution in [1.29, 1.82) is 0 Å². The molecule has 1 saturated heterocycles.